The van der Waals surface area contributed by atoms with E-state index in [-0.39, 0.29) is 35.5 Å². The quantitative estimate of drug-likeness (QED) is 0.595. The largest absolute Gasteiger partial charge is 0.457 e. The molecule has 2 bridgehead atoms. The number of rotatable bonds is 3. The van der Waals surface area contributed by atoms with Gasteiger partial charge in [-0.3, -0.25) is 14.5 Å². The van der Waals surface area contributed by atoms with E-state index in [0.29, 0.717) is 23.3 Å². The molecule has 2 saturated carbocycles. The molecule has 28 heavy (non-hydrogen) atoms. The van der Waals surface area contributed by atoms with Crippen molar-refractivity contribution >= 4 is 17.5 Å². The molecule has 4 heteroatoms. The van der Waals surface area contributed by atoms with Crippen molar-refractivity contribution in [1.82, 2.24) is 0 Å². The molecule has 0 radical (unpaired) electrons. The fourth-order valence-electron chi connectivity index (χ4n) is 5.62. The van der Waals surface area contributed by atoms with Crippen molar-refractivity contribution in [2.24, 2.45) is 35.5 Å². The van der Waals surface area contributed by atoms with E-state index in [1.807, 2.05) is 55.5 Å². The highest BCUT2D eigenvalue weighted by atomic mass is 16.5. The van der Waals surface area contributed by atoms with E-state index < -0.39 is 0 Å². The standard InChI is InChI=1S/C24H21NO3/c1-13-2-6-15(7-3-13)28-16-8-4-14(5-9-16)25-23(26)21-17-10-11-18(20-12-19(17)20)22(21)24(25)27/h2-11,17-22H,12H2,1H3/t17-,18+,19-,20-,21+,22-/m1/s1. The fraction of sp³-hybridized carbons (Fsp3) is 0.333. The number of allylic oxidation sites excluding steroid dienone is 2. The first-order valence-corrected chi connectivity index (χ1v) is 10.0. The Morgan fingerprint density at radius 2 is 1.29 bits per heavy atom. The lowest BCUT2D eigenvalue weighted by molar-refractivity contribution is -0.124. The van der Waals surface area contributed by atoms with Crippen LogP contribution in [-0.2, 0) is 9.59 Å². The molecule has 4 nitrogen and oxygen atoms in total. The minimum absolute atomic E-state index is 0.0214. The van der Waals surface area contributed by atoms with Gasteiger partial charge in [0.05, 0.1) is 17.5 Å². The van der Waals surface area contributed by atoms with Gasteiger partial charge in [-0.15, -0.1) is 0 Å². The molecule has 4 aliphatic carbocycles. The summed E-state index contributed by atoms with van der Waals surface area (Å²) in [6, 6.07) is 15.1. The number of nitrogens with zero attached hydrogens (tertiary/aromatic N) is 1. The maximum atomic E-state index is 13.2. The molecule has 1 saturated heterocycles. The zero-order valence-corrected chi connectivity index (χ0v) is 15.6. The van der Waals surface area contributed by atoms with Gasteiger partial charge >= 0.3 is 0 Å². The van der Waals surface area contributed by atoms with Crippen LogP contribution in [0.3, 0.4) is 0 Å². The zero-order valence-electron chi connectivity index (χ0n) is 15.6. The maximum Gasteiger partial charge on any atom is 0.238 e. The number of amides is 2. The normalized spacial score (nSPS) is 34.4. The van der Waals surface area contributed by atoms with Gasteiger partial charge in [0.25, 0.3) is 0 Å². The van der Waals surface area contributed by atoms with Gasteiger partial charge in [0.1, 0.15) is 11.5 Å². The molecule has 0 spiro atoms. The summed E-state index contributed by atoms with van der Waals surface area (Å²) < 4.78 is 5.86. The van der Waals surface area contributed by atoms with Crippen molar-refractivity contribution in [3.05, 3.63) is 66.2 Å². The van der Waals surface area contributed by atoms with E-state index in [1.54, 1.807) is 0 Å². The molecular formula is C24H21NO3. The molecule has 0 N–H and O–H groups in total. The topological polar surface area (TPSA) is 46.6 Å². The number of hydrogen-bond acceptors (Lipinski definition) is 3. The molecule has 0 unspecified atom stereocenters. The van der Waals surface area contributed by atoms with Crippen molar-refractivity contribution in [2.75, 3.05) is 4.90 Å². The van der Waals surface area contributed by atoms with Gasteiger partial charge in [-0.05, 0) is 73.4 Å². The molecular weight excluding hydrogens is 350 g/mol. The highest BCUT2D eigenvalue weighted by Crippen LogP contribution is 2.65. The molecule has 3 fully saturated rings. The van der Waals surface area contributed by atoms with Gasteiger partial charge in [-0.2, -0.15) is 0 Å². The summed E-state index contributed by atoms with van der Waals surface area (Å²) in [5, 5.41) is 0. The Hall–Kier alpha value is -2.88. The van der Waals surface area contributed by atoms with Gasteiger partial charge in [0.2, 0.25) is 11.8 Å². The molecule has 2 aromatic rings. The minimum Gasteiger partial charge on any atom is -0.457 e. The van der Waals surface area contributed by atoms with Crippen molar-refractivity contribution in [3.63, 3.8) is 0 Å². The third kappa shape index (κ3) is 2.17. The van der Waals surface area contributed by atoms with Crippen LogP contribution < -0.4 is 9.64 Å². The first-order chi connectivity index (χ1) is 13.6. The third-order valence-corrected chi connectivity index (χ3v) is 7.01. The van der Waals surface area contributed by atoms with Gasteiger partial charge < -0.3 is 4.74 Å². The molecule has 5 aliphatic rings. The molecule has 7 rings (SSSR count). The Bertz CT molecular complexity index is 971. The molecule has 6 atom stereocenters. The Labute approximate surface area is 163 Å². The average Bonchev–Trinajstić information content (AvgIpc) is 3.49. The van der Waals surface area contributed by atoms with Gasteiger partial charge in [-0.1, -0.05) is 29.8 Å². The van der Waals surface area contributed by atoms with Gasteiger partial charge in [-0.25, -0.2) is 0 Å². The predicted molar refractivity (Wildman–Crippen MR) is 105 cm³/mol. The van der Waals surface area contributed by atoms with Crippen LogP contribution in [0.15, 0.2) is 60.7 Å². The summed E-state index contributed by atoms with van der Waals surface area (Å²) >= 11 is 0. The number of carbonyl (C=O) groups excluding carboxylic acids is 2. The van der Waals surface area contributed by atoms with Gasteiger partial charge in [0.15, 0.2) is 0 Å². The first-order valence-electron chi connectivity index (χ1n) is 10.0. The van der Waals surface area contributed by atoms with E-state index in [1.165, 1.54) is 16.9 Å². The van der Waals surface area contributed by atoms with Crippen LogP contribution >= 0.6 is 0 Å². The summed E-state index contributed by atoms with van der Waals surface area (Å²) in [5.41, 5.74) is 1.82. The second kappa shape index (κ2) is 5.57. The molecule has 140 valence electrons. The van der Waals surface area contributed by atoms with Crippen LogP contribution in [0.5, 0.6) is 11.5 Å². The van der Waals surface area contributed by atoms with Crippen LogP contribution in [0.25, 0.3) is 0 Å². The van der Waals surface area contributed by atoms with E-state index in [2.05, 4.69) is 12.2 Å². The summed E-state index contributed by atoms with van der Waals surface area (Å²) in [7, 11) is 0. The molecule has 1 heterocycles. The van der Waals surface area contributed by atoms with E-state index in [9.17, 15) is 9.59 Å². The van der Waals surface area contributed by atoms with Crippen LogP contribution in [0.2, 0.25) is 0 Å². The summed E-state index contributed by atoms with van der Waals surface area (Å²) in [6.07, 6.45) is 5.58. The Balaban J connectivity index is 1.26. The monoisotopic (exact) mass is 371 g/mol. The second-order valence-electron chi connectivity index (χ2n) is 8.58. The number of ether oxygens (including phenoxy) is 1. The smallest absolute Gasteiger partial charge is 0.238 e. The number of imide groups is 1. The number of hydrogen-bond donors (Lipinski definition) is 0. The average molecular weight is 371 g/mol. The van der Waals surface area contributed by atoms with Crippen LogP contribution in [-0.4, -0.2) is 11.8 Å². The number of benzene rings is 2. The van der Waals surface area contributed by atoms with Crippen LogP contribution in [0.1, 0.15) is 12.0 Å². The Morgan fingerprint density at radius 1 is 0.786 bits per heavy atom. The summed E-state index contributed by atoms with van der Waals surface area (Å²) in [6.45, 7) is 2.03. The highest BCUT2D eigenvalue weighted by Gasteiger charge is 2.67. The lowest BCUT2D eigenvalue weighted by atomic mass is 9.63. The van der Waals surface area contributed by atoms with E-state index >= 15 is 0 Å². The molecule has 0 aromatic heterocycles. The van der Waals surface area contributed by atoms with Crippen molar-refractivity contribution < 1.29 is 14.3 Å². The number of aryl methyl sites for hydroxylation is 1. The van der Waals surface area contributed by atoms with Crippen molar-refractivity contribution in [2.45, 2.75) is 13.3 Å². The lowest BCUT2D eigenvalue weighted by Gasteiger charge is -2.37. The Morgan fingerprint density at radius 3 is 1.82 bits per heavy atom. The summed E-state index contributed by atoms with van der Waals surface area (Å²) in [4.78, 5) is 27.7. The van der Waals surface area contributed by atoms with Crippen LogP contribution in [0.4, 0.5) is 5.69 Å². The zero-order chi connectivity index (χ0) is 19.0. The first kappa shape index (κ1) is 16.1. The van der Waals surface area contributed by atoms with Crippen molar-refractivity contribution in [3.8, 4) is 11.5 Å². The highest BCUT2D eigenvalue weighted by molar-refractivity contribution is 6.22. The SMILES string of the molecule is Cc1ccc(Oc2ccc(N3C(=O)[C@@H]4[C@H]5C=C[C@H]([C@H]6C[C@H]56)[C@@H]4C3=O)cc2)cc1. The second-order valence-corrected chi connectivity index (χ2v) is 8.58. The lowest BCUT2D eigenvalue weighted by Crippen LogP contribution is -2.40. The predicted octanol–water partition coefficient (Wildman–Crippen LogP) is 4.34. The summed E-state index contributed by atoms with van der Waals surface area (Å²) in [5.74, 6) is 2.85. The van der Waals surface area contributed by atoms with Gasteiger partial charge in [0, 0.05) is 0 Å². The molecule has 2 aromatic carbocycles. The van der Waals surface area contributed by atoms with E-state index in [4.69, 9.17) is 4.74 Å². The fourth-order valence-corrected chi connectivity index (χ4v) is 5.62. The molecule has 2 amide bonds. The minimum atomic E-state index is -0.158. The Kier molecular flexibility index (Phi) is 3.20. The molecule has 1 aliphatic heterocycles. The van der Waals surface area contributed by atoms with Crippen LogP contribution in [0, 0.1) is 42.4 Å². The van der Waals surface area contributed by atoms with Crippen molar-refractivity contribution in [1.29, 1.82) is 0 Å². The maximum absolute atomic E-state index is 13.2. The third-order valence-electron chi connectivity index (χ3n) is 7.01. The van der Waals surface area contributed by atoms with E-state index in [0.717, 1.165) is 5.75 Å². The number of carbonyl (C=O) groups is 2. The number of anilines is 1.